The Morgan fingerprint density at radius 1 is 1.26 bits per heavy atom. The Morgan fingerprint density at radius 3 is 2.74 bits per heavy atom. The second kappa shape index (κ2) is 6.02. The molecule has 100 valence electrons. The molecule has 0 N–H and O–H groups in total. The predicted octanol–water partition coefficient (Wildman–Crippen LogP) is 3.90. The molecule has 0 amide bonds. The Bertz CT molecular complexity index is 572. The Morgan fingerprint density at radius 2 is 2.05 bits per heavy atom. The van der Waals surface area contributed by atoms with Crippen LogP contribution in [0.25, 0.3) is 0 Å². The summed E-state index contributed by atoms with van der Waals surface area (Å²) in [7, 11) is 1.91. The van der Waals surface area contributed by atoms with E-state index in [2.05, 4.69) is 4.98 Å². The molecular weight excluding hydrogens is 263 g/mol. The molecule has 1 aromatic carbocycles. The van der Waals surface area contributed by atoms with Crippen molar-refractivity contribution < 1.29 is 4.39 Å². The average Bonchev–Trinajstić information content (AvgIpc) is 2.38. The molecule has 0 unspecified atom stereocenters. The maximum absolute atomic E-state index is 13.5. The normalized spacial score (nSPS) is 10.5. The second-order valence-corrected chi connectivity index (χ2v) is 4.84. The van der Waals surface area contributed by atoms with Gasteiger partial charge in [0, 0.05) is 24.3 Å². The van der Waals surface area contributed by atoms with E-state index in [9.17, 15) is 4.39 Å². The number of nitrogens with zero attached hydrogens (tertiary/aromatic N) is 2. The van der Waals surface area contributed by atoms with E-state index in [4.69, 9.17) is 11.6 Å². The van der Waals surface area contributed by atoms with Crippen molar-refractivity contribution in [3.8, 4) is 0 Å². The van der Waals surface area contributed by atoms with E-state index in [-0.39, 0.29) is 5.82 Å². The van der Waals surface area contributed by atoms with Crippen molar-refractivity contribution in [2.24, 2.45) is 0 Å². The number of benzene rings is 1. The number of alkyl halides is 1. The first-order valence-electron chi connectivity index (χ1n) is 6.07. The molecular formula is C15H16ClFN2. The molecule has 0 atom stereocenters. The summed E-state index contributed by atoms with van der Waals surface area (Å²) in [5.74, 6) is 0.0404. The predicted molar refractivity (Wildman–Crippen MR) is 77.0 cm³/mol. The molecule has 0 saturated carbocycles. The fourth-order valence-electron chi connectivity index (χ4n) is 1.95. The topological polar surface area (TPSA) is 16.1 Å². The van der Waals surface area contributed by atoms with Crippen LogP contribution in [-0.4, -0.2) is 12.0 Å². The number of halogens is 2. The molecule has 19 heavy (non-hydrogen) atoms. The van der Waals surface area contributed by atoms with Gasteiger partial charge in [0.1, 0.15) is 5.82 Å². The summed E-state index contributed by atoms with van der Waals surface area (Å²) in [5.41, 5.74) is 3.52. The lowest BCUT2D eigenvalue weighted by molar-refractivity contribution is 0.625. The molecule has 0 bridgehead atoms. The van der Waals surface area contributed by atoms with Crippen LogP contribution in [0.3, 0.4) is 0 Å². The fourth-order valence-corrected chi connectivity index (χ4v) is 2.11. The number of aryl methyl sites for hydroxylation is 1. The van der Waals surface area contributed by atoms with Crippen LogP contribution >= 0.6 is 11.6 Å². The minimum atomic E-state index is -0.266. The van der Waals surface area contributed by atoms with Crippen molar-refractivity contribution in [2.75, 3.05) is 11.9 Å². The summed E-state index contributed by atoms with van der Waals surface area (Å²) in [6.07, 6.45) is 0. The molecule has 2 aromatic rings. The number of aromatic nitrogens is 1. The molecule has 0 aliphatic rings. The van der Waals surface area contributed by atoms with Crippen LogP contribution in [0.1, 0.15) is 17.0 Å². The van der Waals surface area contributed by atoms with Gasteiger partial charge < -0.3 is 4.90 Å². The first-order valence-corrected chi connectivity index (χ1v) is 6.61. The monoisotopic (exact) mass is 278 g/mol. The number of hydrogen-bond acceptors (Lipinski definition) is 2. The van der Waals surface area contributed by atoms with Crippen molar-refractivity contribution in [3.05, 3.63) is 59.2 Å². The van der Waals surface area contributed by atoms with Crippen LogP contribution in [0.5, 0.6) is 0 Å². The number of hydrogen-bond donors (Lipinski definition) is 0. The van der Waals surface area contributed by atoms with Crippen LogP contribution < -0.4 is 4.90 Å². The first-order chi connectivity index (χ1) is 9.08. The van der Waals surface area contributed by atoms with E-state index in [1.54, 1.807) is 0 Å². The smallest absolute Gasteiger partial charge is 0.125 e. The van der Waals surface area contributed by atoms with E-state index in [1.165, 1.54) is 12.1 Å². The highest BCUT2D eigenvalue weighted by Crippen LogP contribution is 2.20. The summed E-state index contributed by atoms with van der Waals surface area (Å²) in [4.78, 5) is 6.40. The molecule has 1 heterocycles. The van der Waals surface area contributed by atoms with Crippen LogP contribution in [0.2, 0.25) is 0 Å². The zero-order valence-corrected chi connectivity index (χ0v) is 11.8. The summed E-state index contributed by atoms with van der Waals surface area (Å²) >= 11 is 5.76. The number of anilines is 1. The summed E-state index contributed by atoms with van der Waals surface area (Å²) in [5, 5.41) is 0. The van der Waals surface area contributed by atoms with Gasteiger partial charge in [0.05, 0.1) is 12.2 Å². The number of pyridine rings is 1. The highest BCUT2D eigenvalue weighted by Gasteiger charge is 2.06. The van der Waals surface area contributed by atoms with Crippen LogP contribution in [0.4, 0.5) is 10.1 Å². The molecule has 4 heteroatoms. The zero-order chi connectivity index (χ0) is 13.8. The molecule has 1 aromatic heterocycles. The van der Waals surface area contributed by atoms with E-state index < -0.39 is 0 Å². The molecule has 0 aliphatic carbocycles. The van der Waals surface area contributed by atoms with Gasteiger partial charge in [-0.15, -0.1) is 11.6 Å². The summed E-state index contributed by atoms with van der Waals surface area (Å²) < 4.78 is 13.5. The molecule has 0 radical (unpaired) electrons. The maximum atomic E-state index is 13.5. The van der Waals surface area contributed by atoms with Crippen LogP contribution in [0.15, 0.2) is 36.4 Å². The fraction of sp³-hybridized carbons (Fsp3) is 0.267. The van der Waals surface area contributed by atoms with Crippen molar-refractivity contribution in [3.63, 3.8) is 0 Å². The van der Waals surface area contributed by atoms with E-state index in [1.807, 2.05) is 43.1 Å². The standard InChI is InChI=1S/C15H16ClFN2/c1-11-4-3-5-14(18-11)10-19(2)15-7-12(9-16)6-13(17)8-15/h3-8H,9-10H2,1-2H3. The summed E-state index contributed by atoms with van der Waals surface area (Å²) in [6, 6.07) is 10.7. The Hall–Kier alpha value is -1.61. The molecule has 2 nitrogen and oxygen atoms in total. The molecule has 2 rings (SSSR count). The lowest BCUT2D eigenvalue weighted by Crippen LogP contribution is -2.17. The van der Waals surface area contributed by atoms with Gasteiger partial charge in [0.2, 0.25) is 0 Å². The summed E-state index contributed by atoms with van der Waals surface area (Å²) in [6.45, 7) is 2.59. The van der Waals surface area contributed by atoms with Gasteiger partial charge in [-0.2, -0.15) is 0 Å². The minimum absolute atomic E-state index is 0.266. The van der Waals surface area contributed by atoms with Gasteiger partial charge in [0.25, 0.3) is 0 Å². The third-order valence-corrected chi connectivity index (χ3v) is 3.19. The highest BCUT2D eigenvalue weighted by atomic mass is 35.5. The van der Waals surface area contributed by atoms with Gasteiger partial charge >= 0.3 is 0 Å². The second-order valence-electron chi connectivity index (χ2n) is 4.58. The largest absolute Gasteiger partial charge is 0.369 e. The molecule has 0 saturated heterocycles. The number of rotatable bonds is 4. The SMILES string of the molecule is Cc1cccc(CN(C)c2cc(F)cc(CCl)c2)n1. The highest BCUT2D eigenvalue weighted by molar-refractivity contribution is 6.17. The third-order valence-electron chi connectivity index (χ3n) is 2.88. The Balaban J connectivity index is 2.20. The lowest BCUT2D eigenvalue weighted by Gasteiger charge is -2.20. The molecule has 0 spiro atoms. The third kappa shape index (κ3) is 3.67. The maximum Gasteiger partial charge on any atom is 0.125 e. The molecule has 0 fully saturated rings. The van der Waals surface area contributed by atoms with E-state index >= 15 is 0 Å². The first kappa shape index (κ1) is 13.8. The van der Waals surface area contributed by atoms with E-state index in [0.29, 0.717) is 12.4 Å². The minimum Gasteiger partial charge on any atom is -0.369 e. The van der Waals surface area contributed by atoms with Crippen molar-refractivity contribution in [2.45, 2.75) is 19.3 Å². The zero-order valence-electron chi connectivity index (χ0n) is 11.0. The van der Waals surface area contributed by atoms with Gasteiger partial charge in [-0.1, -0.05) is 6.07 Å². The van der Waals surface area contributed by atoms with E-state index in [0.717, 1.165) is 22.6 Å². The van der Waals surface area contributed by atoms with Crippen LogP contribution in [-0.2, 0) is 12.4 Å². The van der Waals surface area contributed by atoms with Crippen LogP contribution in [0, 0.1) is 12.7 Å². The van der Waals surface area contributed by atoms with Gasteiger partial charge in [-0.05, 0) is 42.8 Å². The quantitative estimate of drug-likeness (QED) is 0.789. The average molecular weight is 279 g/mol. The molecule has 0 aliphatic heterocycles. The lowest BCUT2D eigenvalue weighted by atomic mass is 10.2. The van der Waals surface area contributed by atoms with Crippen molar-refractivity contribution in [1.82, 2.24) is 4.98 Å². The van der Waals surface area contributed by atoms with Gasteiger partial charge in [0.15, 0.2) is 0 Å². The van der Waals surface area contributed by atoms with Crippen molar-refractivity contribution >= 4 is 17.3 Å². The van der Waals surface area contributed by atoms with Gasteiger partial charge in [-0.25, -0.2) is 4.39 Å². The van der Waals surface area contributed by atoms with Gasteiger partial charge in [-0.3, -0.25) is 4.98 Å². The van der Waals surface area contributed by atoms with Crippen molar-refractivity contribution in [1.29, 1.82) is 0 Å². The Labute approximate surface area is 117 Å². The Kier molecular flexibility index (Phi) is 4.38.